The third-order valence-electron chi connectivity index (χ3n) is 3.11. The zero-order valence-corrected chi connectivity index (χ0v) is 12.3. The molecule has 1 aromatic rings. The SMILES string of the molecule is O=C(NCC1CCC(C(=O)O)O1)c1c(F)cc(Br)cc1F. The maximum absolute atomic E-state index is 13.6. The number of carboxylic acids is 1. The molecule has 1 aliphatic rings. The molecule has 21 heavy (non-hydrogen) atoms. The number of aliphatic carboxylic acids is 1. The number of ether oxygens (including phenoxy) is 1. The van der Waals surface area contributed by atoms with E-state index in [-0.39, 0.29) is 11.0 Å². The minimum atomic E-state index is -1.06. The number of carboxylic acid groups (broad SMARTS) is 1. The molecule has 0 radical (unpaired) electrons. The van der Waals surface area contributed by atoms with Crippen molar-refractivity contribution in [3.63, 3.8) is 0 Å². The normalized spacial score (nSPS) is 21.3. The van der Waals surface area contributed by atoms with Gasteiger partial charge in [0.05, 0.1) is 6.10 Å². The Bertz CT molecular complexity index is 558. The van der Waals surface area contributed by atoms with E-state index in [1.807, 2.05) is 0 Å². The Kier molecular flexibility index (Phi) is 4.89. The van der Waals surface area contributed by atoms with Gasteiger partial charge in [-0.3, -0.25) is 4.79 Å². The van der Waals surface area contributed by atoms with Crippen molar-refractivity contribution in [3.05, 3.63) is 33.8 Å². The summed E-state index contributed by atoms with van der Waals surface area (Å²) in [6.45, 7) is -0.00242. The summed E-state index contributed by atoms with van der Waals surface area (Å²) in [6.07, 6.45) is -0.566. The first-order valence-electron chi connectivity index (χ1n) is 6.19. The first kappa shape index (κ1) is 15.8. The van der Waals surface area contributed by atoms with Crippen LogP contribution in [0.5, 0.6) is 0 Å². The van der Waals surface area contributed by atoms with Gasteiger partial charge >= 0.3 is 5.97 Å². The Hall–Kier alpha value is -1.54. The summed E-state index contributed by atoms with van der Waals surface area (Å²) in [5.41, 5.74) is -0.675. The van der Waals surface area contributed by atoms with Crippen LogP contribution in [-0.4, -0.2) is 35.7 Å². The van der Waals surface area contributed by atoms with E-state index in [1.165, 1.54) is 0 Å². The first-order valence-corrected chi connectivity index (χ1v) is 6.98. The van der Waals surface area contributed by atoms with E-state index >= 15 is 0 Å². The van der Waals surface area contributed by atoms with Gasteiger partial charge in [0.15, 0.2) is 6.10 Å². The molecule has 8 heteroatoms. The average molecular weight is 364 g/mol. The zero-order chi connectivity index (χ0) is 15.6. The van der Waals surface area contributed by atoms with E-state index in [0.29, 0.717) is 12.8 Å². The van der Waals surface area contributed by atoms with E-state index in [2.05, 4.69) is 21.2 Å². The second-order valence-electron chi connectivity index (χ2n) is 4.62. The summed E-state index contributed by atoms with van der Waals surface area (Å²) in [5, 5.41) is 11.1. The molecule has 0 saturated carbocycles. The van der Waals surface area contributed by atoms with Crippen molar-refractivity contribution in [2.45, 2.75) is 25.0 Å². The van der Waals surface area contributed by atoms with Crippen LogP contribution in [0.15, 0.2) is 16.6 Å². The average Bonchev–Trinajstić information content (AvgIpc) is 2.84. The standard InChI is InChI=1S/C13H12BrF2NO4/c14-6-3-8(15)11(9(16)4-6)12(18)17-5-7-1-2-10(21-7)13(19)20/h3-4,7,10H,1-2,5H2,(H,17,18)(H,19,20). The number of hydrogen-bond acceptors (Lipinski definition) is 3. The van der Waals surface area contributed by atoms with Crippen molar-refractivity contribution in [1.29, 1.82) is 0 Å². The summed E-state index contributed by atoms with van der Waals surface area (Å²) >= 11 is 2.92. The molecule has 2 atom stereocenters. The van der Waals surface area contributed by atoms with Crippen LogP contribution in [0, 0.1) is 11.6 Å². The fourth-order valence-corrected chi connectivity index (χ4v) is 2.49. The van der Waals surface area contributed by atoms with E-state index in [4.69, 9.17) is 9.84 Å². The van der Waals surface area contributed by atoms with Gasteiger partial charge in [-0.25, -0.2) is 13.6 Å². The number of rotatable bonds is 4. The predicted molar refractivity (Wildman–Crippen MR) is 71.9 cm³/mol. The van der Waals surface area contributed by atoms with Crippen LogP contribution in [0.1, 0.15) is 23.2 Å². The minimum Gasteiger partial charge on any atom is -0.479 e. The van der Waals surface area contributed by atoms with Crippen LogP contribution < -0.4 is 5.32 Å². The molecule has 114 valence electrons. The van der Waals surface area contributed by atoms with Crippen LogP contribution in [0.2, 0.25) is 0 Å². The lowest BCUT2D eigenvalue weighted by atomic mass is 10.1. The molecule has 5 nitrogen and oxygen atoms in total. The number of carbonyl (C=O) groups is 2. The summed E-state index contributed by atoms with van der Waals surface area (Å²) < 4.78 is 32.6. The molecule has 1 heterocycles. The molecule has 0 spiro atoms. The van der Waals surface area contributed by atoms with Gasteiger partial charge in [0.2, 0.25) is 0 Å². The minimum absolute atomic E-state index is 0.00242. The van der Waals surface area contributed by atoms with Crippen LogP contribution >= 0.6 is 15.9 Å². The Labute approximate surface area is 127 Å². The van der Waals surface area contributed by atoms with Crippen LogP contribution in [0.3, 0.4) is 0 Å². The second kappa shape index (κ2) is 6.48. The molecule has 1 fully saturated rings. The van der Waals surface area contributed by atoms with Gasteiger partial charge in [-0.05, 0) is 25.0 Å². The Morgan fingerprint density at radius 3 is 2.48 bits per heavy atom. The van der Waals surface area contributed by atoms with Crippen molar-refractivity contribution in [2.75, 3.05) is 6.54 Å². The van der Waals surface area contributed by atoms with Crippen molar-refractivity contribution in [1.82, 2.24) is 5.32 Å². The van der Waals surface area contributed by atoms with Crippen molar-refractivity contribution in [2.24, 2.45) is 0 Å². The van der Waals surface area contributed by atoms with Gasteiger partial charge in [0.1, 0.15) is 17.2 Å². The lowest BCUT2D eigenvalue weighted by Gasteiger charge is -2.13. The Morgan fingerprint density at radius 2 is 1.95 bits per heavy atom. The highest BCUT2D eigenvalue weighted by molar-refractivity contribution is 9.10. The fraction of sp³-hybridized carbons (Fsp3) is 0.385. The van der Waals surface area contributed by atoms with E-state index < -0.39 is 41.3 Å². The molecule has 2 rings (SSSR count). The summed E-state index contributed by atoms with van der Waals surface area (Å²) in [4.78, 5) is 22.5. The van der Waals surface area contributed by atoms with E-state index in [0.717, 1.165) is 12.1 Å². The highest BCUT2D eigenvalue weighted by atomic mass is 79.9. The van der Waals surface area contributed by atoms with Gasteiger partial charge in [0, 0.05) is 11.0 Å². The molecule has 2 unspecified atom stereocenters. The Morgan fingerprint density at radius 1 is 1.33 bits per heavy atom. The molecule has 1 amide bonds. The number of amides is 1. The maximum atomic E-state index is 13.6. The van der Waals surface area contributed by atoms with Crippen molar-refractivity contribution in [3.8, 4) is 0 Å². The molecule has 1 aliphatic heterocycles. The maximum Gasteiger partial charge on any atom is 0.332 e. The van der Waals surface area contributed by atoms with Gasteiger partial charge in [-0.1, -0.05) is 15.9 Å². The van der Waals surface area contributed by atoms with E-state index in [9.17, 15) is 18.4 Å². The summed E-state index contributed by atoms with van der Waals surface area (Å²) in [6, 6.07) is 1.98. The zero-order valence-electron chi connectivity index (χ0n) is 10.7. The second-order valence-corrected chi connectivity index (χ2v) is 5.53. The number of halogens is 3. The smallest absolute Gasteiger partial charge is 0.332 e. The van der Waals surface area contributed by atoms with Gasteiger partial charge in [-0.2, -0.15) is 0 Å². The van der Waals surface area contributed by atoms with Crippen molar-refractivity contribution >= 4 is 27.8 Å². The van der Waals surface area contributed by atoms with E-state index in [1.54, 1.807) is 0 Å². The molecule has 0 aliphatic carbocycles. The molecular weight excluding hydrogens is 352 g/mol. The molecular formula is C13H12BrF2NO4. The van der Waals surface area contributed by atoms with Gasteiger partial charge in [-0.15, -0.1) is 0 Å². The van der Waals surface area contributed by atoms with Crippen LogP contribution in [0.4, 0.5) is 8.78 Å². The third kappa shape index (κ3) is 3.76. The third-order valence-corrected chi connectivity index (χ3v) is 3.57. The number of hydrogen-bond donors (Lipinski definition) is 2. The molecule has 1 saturated heterocycles. The van der Waals surface area contributed by atoms with Crippen LogP contribution in [-0.2, 0) is 9.53 Å². The first-order chi connectivity index (χ1) is 9.88. The Balaban J connectivity index is 1.96. The largest absolute Gasteiger partial charge is 0.479 e. The number of nitrogens with one attached hydrogen (secondary N) is 1. The predicted octanol–water partition coefficient (Wildman–Crippen LogP) is 2.09. The highest BCUT2D eigenvalue weighted by Gasteiger charge is 2.31. The number of carbonyl (C=O) groups excluding carboxylic acids is 1. The molecule has 0 bridgehead atoms. The lowest BCUT2D eigenvalue weighted by molar-refractivity contribution is -0.149. The molecule has 0 aromatic heterocycles. The number of benzene rings is 1. The van der Waals surface area contributed by atoms with Gasteiger partial charge in [0.25, 0.3) is 5.91 Å². The summed E-state index contributed by atoms with van der Waals surface area (Å²) in [5.74, 6) is -3.92. The monoisotopic (exact) mass is 363 g/mol. The molecule has 2 N–H and O–H groups in total. The highest BCUT2D eigenvalue weighted by Crippen LogP contribution is 2.21. The topological polar surface area (TPSA) is 75.6 Å². The molecule has 1 aromatic carbocycles. The van der Waals surface area contributed by atoms with Gasteiger partial charge < -0.3 is 15.2 Å². The summed E-state index contributed by atoms with van der Waals surface area (Å²) in [7, 11) is 0. The van der Waals surface area contributed by atoms with Crippen molar-refractivity contribution < 1.29 is 28.2 Å². The fourth-order valence-electron chi connectivity index (χ4n) is 2.09. The lowest BCUT2D eigenvalue weighted by Crippen LogP contribution is -2.34. The van der Waals surface area contributed by atoms with Crippen LogP contribution in [0.25, 0.3) is 0 Å². The quantitative estimate of drug-likeness (QED) is 0.858.